The summed E-state index contributed by atoms with van der Waals surface area (Å²) in [5.41, 5.74) is 0. The molecule has 3 heteroatoms. The Balaban J connectivity index is 4.19. The first-order valence-electron chi connectivity index (χ1n) is 3.56. The maximum atomic E-state index is 8.79. The van der Waals surface area contributed by atoms with Crippen molar-refractivity contribution in [3.63, 3.8) is 0 Å². The Morgan fingerprint density at radius 3 is 2.18 bits per heavy atom. The molecular weight excluding hydrogens is 162 g/mol. The summed E-state index contributed by atoms with van der Waals surface area (Å²) in [7, 11) is 0. The Hall–Kier alpha value is -0.500. The molecule has 0 rings (SSSR count). The molecular formula is C8H14ClNO. The minimum absolute atomic E-state index is 0.103. The average molecular weight is 176 g/mol. The first-order valence-corrected chi connectivity index (χ1v) is 3.94. The molecule has 0 spiro atoms. The fourth-order valence-corrected chi connectivity index (χ4v) is 0.556. The molecule has 0 amide bonds. The minimum Gasteiger partial charge on any atom is -0.505 e. The van der Waals surface area contributed by atoms with Crippen LogP contribution in [0.4, 0.5) is 0 Å². The van der Waals surface area contributed by atoms with Crippen LogP contribution in [0.25, 0.3) is 0 Å². The van der Waals surface area contributed by atoms with Gasteiger partial charge in [0.25, 0.3) is 0 Å². The molecule has 1 N–H and O–H groups in total. The standard InChI is InChI=1S/C8H14ClNO/c1-5(2)6(3)10-8(9)7(4)11/h5-6,11H,4H2,1-3H3/b10-8+. The van der Waals surface area contributed by atoms with Crippen molar-refractivity contribution in [3.05, 3.63) is 12.3 Å². The zero-order chi connectivity index (χ0) is 9.02. The van der Waals surface area contributed by atoms with Crippen molar-refractivity contribution in [1.29, 1.82) is 0 Å². The number of aliphatic imine (C=N–C) groups is 1. The van der Waals surface area contributed by atoms with Crippen molar-refractivity contribution in [2.24, 2.45) is 10.9 Å². The second-order valence-corrected chi connectivity index (χ2v) is 3.21. The molecule has 0 aromatic carbocycles. The highest BCUT2D eigenvalue weighted by atomic mass is 35.5. The van der Waals surface area contributed by atoms with Crippen molar-refractivity contribution in [3.8, 4) is 0 Å². The van der Waals surface area contributed by atoms with Crippen molar-refractivity contribution < 1.29 is 5.11 Å². The SMILES string of the molecule is C=C(O)/C(Cl)=N\C(C)C(C)C. The van der Waals surface area contributed by atoms with Gasteiger partial charge < -0.3 is 5.11 Å². The first-order chi connectivity index (χ1) is 4.95. The van der Waals surface area contributed by atoms with E-state index in [0.29, 0.717) is 5.92 Å². The lowest BCUT2D eigenvalue weighted by molar-refractivity contribution is 0.445. The van der Waals surface area contributed by atoms with Crippen LogP contribution in [-0.4, -0.2) is 16.3 Å². The Morgan fingerprint density at radius 2 is 1.91 bits per heavy atom. The molecule has 2 nitrogen and oxygen atoms in total. The monoisotopic (exact) mass is 175 g/mol. The third-order valence-corrected chi connectivity index (χ3v) is 1.84. The fourth-order valence-electron chi connectivity index (χ4n) is 0.402. The van der Waals surface area contributed by atoms with E-state index in [-0.39, 0.29) is 17.0 Å². The van der Waals surface area contributed by atoms with Crippen LogP contribution in [0, 0.1) is 5.92 Å². The Bertz CT molecular complexity index is 175. The fraction of sp³-hybridized carbons (Fsp3) is 0.625. The second kappa shape index (κ2) is 4.39. The van der Waals surface area contributed by atoms with Crippen molar-refractivity contribution >= 4 is 16.8 Å². The van der Waals surface area contributed by atoms with E-state index in [2.05, 4.69) is 11.6 Å². The van der Waals surface area contributed by atoms with E-state index < -0.39 is 0 Å². The Morgan fingerprint density at radius 1 is 1.45 bits per heavy atom. The van der Waals surface area contributed by atoms with Crippen LogP contribution >= 0.6 is 11.6 Å². The quantitative estimate of drug-likeness (QED) is 0.519. The van der Waals surface area contributed by atoms with Gasteiger partial charge in [-0.15, -0.1) is 0 Å². The molecule has 1 unspecified atom stereocenters. The maximum Gasteiger partial charge on any atom is 0.165 e. The van der Waals surface area contributed by atoms with Crippen LogP contribution in [0.2, 0.25) is 0 Å². The lowest BCUT2D eigenvalue weighted by Gasteiger charge is -2.09. The molecule has 0 aromatic heterocycles. The van der Waals surface area contributed by atoms with E-state index in [9.17, 15) is 0 Å². The predicted octanol–water partition coefficient (Wildman–Crippen LogP) is 2.74. The van der Waals surface area contributed by atoms with Gasteiger partial charge in [-0.1, -0.05) is 32.0 Å². The topological polar surface area (TPSA) is 32.6 Å². The smallest absolute Gasteiger partial charge is 0.165 e. The van der Waals surface area contributed by atoms with Gasteiger partial charge in [-0.25, -0.2) is 0 Å². The van der Waals surface area contributed by atoms with Crippen LogP contribution in [0.1, 0.15) is 20.8 Å². The van der Waals surface area contributed by atoms with Gasteiger partial charge in [0, 0.05) is 0 Å². The van der Waals surface area contributed by atoms with Gasteiger partial charge in [0.1, 0.15) is 5.76 Å². The third kappa shape index (κ3) is 4.04. The van der Waals surface area contributed by atoms with Crippen LogP contribution in [0.3, 0.4) is 0 Å². The number of hydrogen-bond donors (Lipinski definition) is 1. The predicted molar refractivity (Wildman–Crippen MR) is 49.4 cm³/mol. The number of rotatable bonds is 3. The maximum absolute atomic E-state index is 8.79. The van der Waals surface area contributed by atoms with E-state index in [0.717, 1.165) is 0 Å². The first kappa shape index (κ1) is 10.5. The summed E-state index contributed by atoms with van der Waals surface area (Å²) in [4.78, 5) is 4.01. The van der Waals surface area contributed by atoms with Crippen LogP contribution in [-0.2, 0) is 0 Å². The second-order valence-electron chi connectivity index (χ2n) is 2.85. The summed E-state index contributed by atoms with van der Waals surface area (Å²) < 4.78 is 0. The summed E-state index contributed by atoms with van der Waals surface area (Å²) in [6.07, 6.45) is 0. The largest absolute Gasteiger partial charge is 0.505 e. The van der Waals surface area contributed by atoms with Crippen molar-refractivity contribution in [1.82, 2.24) is 0 Å². The molecule has 0 aliphatic rings. The Labute approximate surface area is 72.6 Å². The van der Waals surface area contributed by atoms with Gasteiger partial charge in [0.05, 0.1) is 6.04 Å². The van der Waals surface area contributed by atoms with Gasteiger partial charge in [-0.05, 0) is 12.8 Å². The molecule has 1 atom stereocenters. The molecule has 0 bridgehead atoms. The minimum atomic E-state index is -0.167. The normalized spacial score (nSPS) is 15.2. The van der Waals surface area contributed by atoms with Crippen LogP contribution in [0.15, 0.2) is 17.3 Å². The van der Waals surface area contributed by atoms with Crippen LogP contribution < -0.4 is 0 Å². The molecule has 0 saturated carbocycles. The highest BCUT2D eigenvalue weighted by Crippen LogP contribution is 2.08. The van der Waals surface area contributed by atoms with E-state index in [1.54, 1.807) is 0 Å². The summed E-state index contributed by atoms with van der Waals surface area (Å²) >= 11 is 5.56. The molecule has 0 saturated heterocycles. The lowest BCUT2D eigenvalue weighted by Crippen LogP contribution is -2.09. The zero-order valence-electron chi connectivity index (χ0n) is 7.13. The summed E-state index contributed by atoms with van der Waals surface area (Å²) in [5, 5.41) is 8.90. The molecule has 0 aliphatic carbocycles. The van der Waals surface area contributed by atoms with Gasteiger partial charge in [0.15, 0.2) is 5.17 Å². The Kier molecular flexibility index (Phi) is 4.19. The summed E-state index contributed by atoms with van der Waals surface area (Å²) in [6.45, 7) is 9.28. The third-order valence-electron chi connectivity index (χ3n) is 1.52. The number of nitrogens with zero attached hydrogens (tertiary/aromatic N) is 1. The number of allylic oxidation sites excluding steroid dienone is 1. The van der Waals surface area contributed by atoms with Gasteiger partial charge >= 0.3 is 0 Å². The summed E-state index contributed by atoms with van der Waals surface area (Å²) in [5.74, 6) is 0.252. The highest BCUT2D eigenvalue weighted by Gasteiger charge is 2.06. The molecule has 64 valence electrons. The summed E-state index contributed by atoms with van der Waals surface area (Å²) in [6, 6.07) is 0.117. The van der Waals surface area contributed by atoms with Gasteiger partial charge in [-0.2, -0.15) is 0 Å². The van der Waals surface area contributed by atoms with Crippen molar-refractivity contribution in [2.45, 2.75) is 26.8 Å². The number of aliphatic hydroxyl groups excluding tert-OH is 1. The lowest BCUT2D eigenvalue weighted by atomic mass is 10.1. The number of halogens is 1. The van der Waals surface area contributed by atoms with Crippen molar-refractivity contribution in [2.75, 3.05) is 0 Å². The molecule has 0 radical (unpaired) electrons. The van der Waals surface area contributed by atoms with E-state index in [1.807, 2.05) is 20.8 Å². The molecule has 0 fully saturated rings. The van der Waals surface area contributed by atoms with E-state index in [1.165, 1.54) is 0 Å². The van der Waals surface area contributed by atoms with Crippen LogP contribution in [0.5, 0.6) is 0 Å². The molecule has 0 heterocycles. The van der Waals surface area contributed by atoms with Gasteiger partial charge in [0.2, 0.25) is 0 Å². The van der Waals surface area contributed by atoms with E-state index >= 15 is 0 Å². The molecule has 0 aromatic rings. The molecule has 0 aliphatic heterocycles. The average Bonchev–Trinajstić information content (AvgIpc) is 1.87. The van der Waals surface area contributed by atoms with E-state index in [4.69, 9.17) is 16.7 Å². The van der Waals surface area contributed by atoms with Gasteiger partial charge in [-0.3, -0.25) is 4.99 Å². The number of aliphatic hydroxyl groups is 1. The highest BCUT2D eigenvalue weighted by molar-refractivity contribution is 6.69. The number of hydrogen-bond acceptors (Lipinski definition) is 2. The zero-order valence-corrected chi connectivity index (χ0v) is 7.89. The molecule has 11 heavy (non-hydrogen) atoms.